The van der Waals surface area contributed by atoms with Crippen molar-refractivity contribution >= 4 is 17.3 Å². The molecule has 0 aromatic heterocycles. The number of benzene rings is 2. The highest BCUT2D eigenvalue weighted by molar-refractivity contribution is 5.95. The highest BCUT2D eigenvalue weighted by Crippen LogP contribution is 2.22. The average molecular weight is 346 g/mol. The first-order chi connectivity index (χ1) is 12.0. The fourth-order valence-electron chi connectivity index (χ4n) is 2.77. The zero-order valence-electron chi connectivity index (χ0n) is 13.1. The summed E-state index contributed by atoms with van der Waals surface area (Å²) in [6.07, 6.45) is 0. The van der Waals surface area contributed by atoms with Crippen molar-refractivity contribution in [3.8, 4) is 0 Å². The van der Waals surface area contributed by atoms with Gasteiger partial charge in [0.1, 0.15) is 11.6 Å². The second-order valence-electron chi connectivity index (χ2n) is 5.58. The molecule has 2 aromatic carbocycles. The SMILES string of the molecule is O=C(c1cc([N+](=O)[O-])ccc1F)N1CCN(c2cc[c]cc2F)CC1. The summed E-state index contributed by atoms with van der Waals surface area (Å²) < 4.78 is 27.7. The van der Waals surface area contributed by atoms with Crippen molar-refractivity contribution < 1.29 is 18.5 Å². The topological polar surface area (TPSA) is 66.7 Å². The molecule has 0 atom stereocenters. The Balaban J connectivity index is 1.73. The fourth-order valence-corrected chi connectivity index (χ4v) is 2.77. The number of amides is 1. The molecule has 1 heterocycles. The minimum Gasteiger partial charge on any atom is -0.366 e. The number of halogens is 2. The van der Waals surface area contributed by atoms with E-state index in [1.165, 1.54) is 11.0 Å². The summed E-state index contributed by atoms with van der Waals surface area (Å²) in [6, 6.07) is 9.97. The van der Waals surface area contributed by atoms with Gasteiger partial charge in [0.15, 0.2) is 0 Å². The van der Waals surface area contributed by atoms with Gasteiger partial charge in [-0.15, -0.1) is 0 Å². The number of nitro groups is 1. The molecule has 1 saturated heterocycles. The smallest absolute Gasteiger partial charge is 0.270 e. The Bertz CT molecular complexity index is 821. The number of hydrogen-bond donors (Lipinski definition) is 0. The third kappa shape index (κ3) is 3.42. The van der Waals surface area contributed by atoms with E-state index in [9.17, 15) is 23.7 Å². The quantitative estimate of drug-likeness (QED) is 0.633. The largest absolute Gasteiger partial charge is 0.366 e. The van der Waals surface area contributed by atoms with Crippen LogP contribution in [0.5, 0.6) is 0 Å². The van der Waals surface area contributed by atoms with Gasteiger partial charge in [0.2, 0.25) is 0 Å². The van der Waals surface area contributed by atoms with Gasteiger partial charge in [0, 0.05) is 38.3 Å². The van der Waals surface area contributed by atoms with Crippen LogP contribution in [0.3, 0.4) is 0 Å². The molecule has 1 amide bonds. The van der Waals surface area contributed by atoms with Crippen LogP contribution in [0.4, 0.5) is 20.2 Å². The standard InChI is InChI=1S/C17H14F2N3O3/c18-14-6-5-12(22(24)25)11-13(14)17(23)21-9-7-20(8-10-21)16-4-2-1-3-15(16)19/h2-6,11H,7-10H2. The van der Waals surface area contributed by atoms with E-state index in [0.29, 0.717) is 18.8 Å². The van der Waals surface area contributed by atoms with Crippen LogP contribution in [0, 0.1) is 27.8 Å². The molecule has 1 fully saturated rings. The summed E-state index contributed by atoms with van der Waals surface area (Å²) in [5, 5.41) is 10.8. The van der Waals surface area contributed by atoms with Crippen LogP contribution in [-0.4, -0.2) is 41.9 Å². The minimum absolute atomic E-state index is 0.263. The maximum absolute atomic E-state index is 13.9. The molecule has 1 aliphatic heterocycles. The predicted molar refractivity (Wildman–Crippen MR) is 86.4 cm³/mol. The van der Waals surface area contributed by atoms with Crippen LogP contribution in [0.25, 0.3) is 0 Å². The van der Waals surface area contributed by atoms with E-state index in [1.54, 1.807) is 17.0 Å². The van der Waals surface area contributed by atoms with Crippen LogP contribution in [0.1, 0.15) is 10.4 Å². The molecular weight excluding hydrogens is 332 g/mol. The Kier molecular flexibility index (Phi) is 4.60. The minimum atomic E-state index is -0.803. The summed E-state index contributed by atoms with van der Waals surface area (Å²) in [7, 11) is 0. The van der Waals surface area contributed by atoms with Crippen LogP contribution in [0.2, 0.25) is 0 Å². The number of carbonyl (C=O) groups excluding carboxylic acids is 1. The molecule has 3 rings (SSSR count). The Morgan fingerprint density at radius 1 is 1.12 bits per heavy atom. The molecule has 25 heavy (non-hydrogen) atoms. The molecular formula is C17H14F2N3O3. The molecule has 129 valence electrons. The normalized spacial score (nSPS) is 14.5. The Morgan fingerprint density at radius 2 is 1.84 bits per heavy atom. The average Bonchev–Trinajstić information content (AvgIpc) is 2.62. The van der Waals surface area contributed by atoms with Crippen molar-refractivity contribution in [3.63, 3.8) is 0 Å². The zero-order chi connectivity index (χ0) is 18.0. The zero-order valence-corrected chi connectivity index (χ0v) is 13.1. The third-order valence-electron chi connectivity index (χ3n) is 4.09. The van der Waals surface area contributed by atoms with E-state index in [-0.39, 0.29) is 24.3 Å². The van der Waals surface area contributed by atoms with Crippen molar-refractivity contribution in [2.75, 3.05) is 31.1 Å². The molecule has 1 aliphatic rings. The van der Waals surface area contributed by atoms with Gasteiger partial charge >= 0.3 is 0 Å². The lowest BCUT2D eigenvalue weighted by Gasteiger charge is -2.36. The lowest BCUT2D eigenvalue weighted by molar-refractivity contribution is -0.384. The van der Waals surface area contributed by atoms with Gasteiger partial charge < -0.3 is 9.80 Å². The molecule has 0 bridgehead atoms. The van der Waals surface area contributed by atoms with Crippen LogP contribution < -0.4 is 4.90 Å². The van der Waals surface area contributed by atoms with Gasteiger partial charge in [0.05, 0.1) is 16.2 Å². The van der Waals surface area contributed by atoms with Crippen LogP contribution in [0.15, 0.2) is 36.4 Å². The fraction of sp³-hybridized carbons (Fsp3) is 0.235. The maximum atomic E-state index is 13.9. The first kappa shape index (κ1) is 16.8. The number of piperazine rings is 1. The van der Waals surface area contributed by atoms with E-state index >= 15 is 0 Å². The lowest BCUT2D eigenvalue weighted by atomic mass is 10.1. The van der Waals surface area contributed by atoms with Crippen molar-refractivity contribution in [3.05, 3.63) is 69.8 Å². The lowest BCUT2D eigenvalue weighted by Crippen LogP contribution is -2.49. The van der Waals surface area contributed by atoms with E-state index in [2.05, 4.69) is 6.07 Å². The summed E-state index contributed by atoms with van der Waals surface area (Å²) >= 11 is 0. The number of non-ortho nitro benzene ring substituents is 1. The number of nitrogens with zero attached hydrogens (tertiary/aromatic N) is 3. The van der Waals surface area contributed by atoms with E-state index in [1.807, 2.05) is 0 Å². The molecule has 0 unspecified atom stereocenters. The third-order valence-corrected chi connectivity index (χ3v) is 4.09. The van der Waals surface area contributed by atoms with Crippen molar-refractivity contribution in [1.29, 1.82) is 0 Å². The van der Waals surface area contributed by atoms with Gasteiger partial charge in [0.25, 0.3) is 11.6 Å². The van der Waals surface area contributed by atoms with Gasteiger partial charge in [-0.2, -0.15) is 0 Å². The first-order valence-corrected chi connectivity index (χ1v) is 7.61. The van der Waals surface area contributed by atoms with E-state index in [4.69, 9.17) is 0 Å². The summed E-state index contributed by atoms with van der Waals surface area (Å²) in [5.41, 5.74) is -0.249. The van der Waals surface area contributed by atoms with Gasteiger partial charge in [-0.3, -0.25) is 14.9 Å². The van der Waals surface area contributed by atoms with Crippen LogP contribution >= 0.6 is 0 Å². The van der Waals surface area contributed by atoms with Gasteiger partial charge in [-0.05, 0) is 24.3 Å². The molecule has 8 heteroatoms. The van der Waals surface area contributed by atoms with E-state index in [0.717, 1.165) is 18.2 Å². The van der Waals surface area contributed by atoms with Gasteiger partial charge in [-0.1, -0.05) is 6.07 Å². The molecule has 0 saturated carbocycles. The number of anilines is 1. The highest BCUT2D eigenvalue weighted by Gasteiger charge is 2.26. The monoisotopic (exact) mass is 346 g/mol. The second kappa shape index (κ2) is 6.84. The molecule has 1 radical (unpaired) electrons. The Morgan fingerprint density at radius 3 is 2.48 bits per heavy atom. The number of nitro benzene ring substituents is 1. The summed E-state index contributed by atoms with van der Waals surface area (Å²) in [4.78, 5) is 25.8. The van der Waals surface area contributed by atoms with Crippen LogP contribution in [-0.2, 0) is 0 Å². The predicted octanol–water partition coefficient (Wildman–Crippen LogP) is 2.64. The highest BCUT2D eigenvalue weighted by atomic mass is 19.1. The number of carbonyl (C=O) groups is 1. The molecule has 0 spiro atoms. The summed E-state index contributed by atoms with van der Waals surface area (Å²) in [6.45, 7) is 1.28. The molecule has 0 N–H and O–H groups in total. The van der Waals surface area contributed by atoms with Crippen molar-refractivity contribution in [2.45, 2.75) is 0 Å². The van der Waals surface area contributed by atoms with Gasteiger partial charge in [-0.25, -0.2) is 8.78 Å². The Hall–Kier alpha value is -3.03. The van der Waals surface area contributed by atoms with E-state index < -0.39 is 22.5 Å². The Labute approximate surface area is 142 Å². The summed E-state index contributed by atoms with van der Waals surface area (Å²) in [5.74, 6) is -1.81. The number of rotatable bonds is 3. The second-order valence-corrected chi connectivity index (χ2v) is 5.58. The molecule has 2 aromatic rings. The van der Waals surface area contributed by atoms with Crippen molar-refractivity contribution in [2.24, 2.45) is 0 Å². The molecule has 6 nitrogen and oxygen atoms in total. The molecule has 0 aliphatic carbocycles. The maximum Gasteiger partial charge on any atom is 0.270 e. The number of hydrogen-bond acceptors (Lipinski definition) is 4. The first-order valence-electron chi connectivity index (χ1n) is 7.61. The van der Waals surface area contributed by atoms with Crippen molar-refractivity contribution in [1.82, 2.24) is 4.90 Å².